The van der Waals surface area contributed by atoms with Crippen molar-refractivity contribution in [2.45, 2.75) is 39.7 Å². The molecular weight excluding hydrogens is 270 g/mol. The number of carbonyl (C=O) groups is 2. The fourth-order valence-corrected chi connectivity index (χ4v) is 1.97. The van der Waals surface area contributed by atoms with Crippen molar-refractivity contribution in [1.29, 1.82) is 0 Å². The molecule has 0 fully saturated rings. The predicted octanol–water partition coefficient (Wildman–Crippen LogP) is 2.58. The molecule has 1 aromatic rings. The zero-order valence-electron chi connectivity index (χ0n) is 13.1. The first-order valence-corrected chi connectivity index (χ1v) is 7.09. The van der Waals surface area contributed by atoms with E-state index >= 15 is 0 Å². The fraction of sp³-hybridized carbons (Fsp3) is 0.500. The van der Waals surface area contributed by atoms with Gasteiger partial charge < -0.3 is 14.8 Å². The van der Waals surface area contributed by atoms with Crippen LogP contribution in [0, 0.1) is 0 Å². The molecule has 1 aromatic carbocycles. The van der Waals surface area contributed by atoms with Gasteiger partial charge in [0, 0.05) is 11.6 Å². The van der Waals surface area contributed by atoms with Crippen LogP contribution in [0.15, 0.2) is 18.2 Å². The molecule has 5 nitrogen and oxygen atoms in total. The van der Waals surface area contributed by atoms with Gasteiger partial charge in [0.15, 0.2) is 23.9 Å². The molecule has 0 aliphatic heterocycles. The van der Waals surface area contributed by atoms with Crippen molar-refractivity contribution in [3.63, 3.8) is 0 Å². The highest BCUT2D eigenvalue weighted by atomic mass is 16.5. The van der Waals surface area contributed by atoms with E-state index in [1.54, 1.807) is 18.2 Å². The number of benzene rings is 1. The van der Waals surface area contributed by atoms with Crippen LogP contribution in [0.2, 0.25) is 0 Å². The van der Waals surface area contributed by atoms with Crippen molar-refractivity contribution in [1.82, 2.24) is 5.32 Å². The van der Waals surface area contributed by atoms with Crippen LogP contribution in [-0.2, 0) is 4.79 Å². The van der Waals surface area contributed by atoms with Gasteiger partial charge in [0.1, 0.15) is 0 Å². The molecule has 0 saturated carbocycles. The lowest BCUT2D eigenvalue weighted by Gasteiger charge is -2.14. The quantitative estimate of drug-likeness (QED) is 0.748. The Balaban J connectivity index is 2.62. The smallest absolute Gasteiger partial charge is 0.258 e. The van der Waals surface area contributed by atoms with Gasteiger partial charge in [0.25, 0.3) is 5.91 Å². The van der Waals surface area contributed by atoms with E-state index in [1.165, 1.54) is 14.0 Å². The summed E-state index contributed by atoms with van der Waals surface area (Å²) in [5, 5.41) is 2.86. The van der Waals surface area contributed by atoms with Gasteiger partial charge in [0.05, 0.1) is 7.11 Å². The van der Waals surface area contributed by atoms with E-state index in [9.17, 15) is 9.59 Å². The summed E-state index contributed by atoms with van der Waals surface area (Å²) in [5.74, 6) is 0.664. The molecule has 1 amide bonds. The number of nitrogens with one attached hydrogen (secondary N) is 1. The number of hydrogen-bond acceptors (Lipinski definition) is 4. The van der Waals surface area contributed by atoms with E-state index < -0.39 is 0 Å². The normalized spacial score (nSPS) is 11.6. The lowest BCUT2D eigenvalue weighted by Crippen LogP contribution is -2.35. The second-order valence-electron chi connectivity index (χ2n) is 4.97. The molecule has 0 aromatic heterocycles. The zero-order valence-corrected chi connectivity index (χ0v) is 13.1. The van der Waals surface area contributed by atoms with Crippen LogP contribution in [0.3, 0.4) is 0 Å². The Morgan fingerprint density at radius 1 is 1.29 bits per heavy atom. The standard InChI is InChI=1S/C16H23NO4/c1-5-6-11(2)17-16(19)10-21-14-8-7-13(12(3)18)9-15(14)20-4/h7-9,11H,5-6,10H2,1-4H3,(H,17,19). The first-order chi connectivity index (χ1) is 9.97. The summed E-state index contributed by atoms with van der Waals surface area (Å²) in [6.07, 6.45) is 1.95. The first-order valence-electron chi connectivity index (χ1n) is 7.09. The molecule has 1 rings (SSSR count). The third-order valence-electron chi connectivity index (χ3n) is 3.06. The van der Waals surface area contributed by atoms with E-state index in [2.05, 4.69) is 12.2 Å². The average Bonchev–Trinajstić information content (AvgIpc) is 2.44. The highest BCUT2D eigenvalue weighted by molar-refractivity contribution is 5.94. The number of methoxy groups -OCH3 is 1. The van der Waals surface area contributed by atoms with Crippen LogP contribution in [0.5, 0.6) is 11.5 Å². The third kappa shape index (κ3) is 5.45. The van der Waals surface area contributed by atoms with Crippen LogP contribution in [0.25, 0.3) is 0 Å². The summed E-state index contributed by atoms with van der Waals surface area (Å²) in [6, 6.07) is 5.03. The lowest BCUT2D eigenvalue weighted by atomic mass is 10.1. The summed E-state index contributed by atoms with van der Waals surface area (Å²) < 4.78 is 10.6. The molecule has 0 radical (unpaired) electrons. The highest BCUT2D eigenvalue weighted by Gasteiger charge is 2.11. The van der Waals surface area contributed by atoms with E-state index in [-0.39, 0.29) is 24.3 Å². The second kappa shape index (κ2) is 8.29. The van der Waals surface area contributed by atoms with Crippen LogP contribution in [0.4, 0.5) is 0 Å². The summed E-state index contributed by atoms with van der Waals surface area (Å²) in [4.78, 5) is 23.1. The number of carbonyl (C=O) groups excluding carboxylic acids is 2. The molecule has 21 heavy (non-hydrogen) atoms. The van der Waals surface area contributed by atoms with Crippen LogP contribution >= 0.6 is 0 Å². The summed E-state index contributed by atoms with van der Waals surface area (Å²) in [5.41, 5.74) is 0.542. The summed E-state index contributed by atoms with van der Waals surface area (Å²) in [7, 11) is 1.50. The Morgan fingerprint density at radius 3 is 2.57 bits per heavy atom. The number of ketones is 1. The highest BCUT2D eigenvalue weighted by Crippen LogP contribution is 2.28. The summed E-state index contributed by atoms with van der Waals surface area (Å²) >= 11 is 0. The Hall–Kier alpha value is -2.04. The van der Waals surface area contributed by atoms with Crippen LogP contribution in [-0.4, -0.2) is 31.4 Å². The molecule has 116 valence electrons. The molecule has 0 heterocycles. The Bertz CT molecular complexity index is 499. The van der Waals surface area contributed by atoms with Crippen LogP contribution < -0.4 is 14.8 Å². The SMILES string of the molecule is CCCC(C)NC(=O)COc1ccc(C(C)=O)cc1OC. The van der Waals surface area contributed by atoms with Gasteiger partial charge in [-0.3, -0.25) is 9.59 Å². The first kappa shape index (κ1) is 17.0. The monoisotopic (exact) mass is 293 g/mol. The van der Waals surface area contributed by atoms with Gasteiger partial charge in [0.2, 0.25) is 0 Å². The lowest BCUT2D eigenvalue weighted by molar-refractivity contribution is -0.123. The van der Waals surface area contributed by atoms with Gasteiger partial charge in [-0.05, 0) is 38.5 Å². The van der Waals surface area contributed by atoms with Gasteiger partial charge in [-0.2, -0.15) is 0 Å². The van der Waals surface area contributed by atoms with Gasteiger partial charge in [-0.25, -0.2) is 0 Å². The molecule has 1 atom stereocenters. The molecule has 0 spiro atoms. The van der Waals surface area contributed by atoms with Gasteiger partial charge in [-0.1, -0.05) is 13.3 Å². The molecule has 0 bridgehead atoms. The largest absolute Gasteiger partial charge is 0.493 e. The zero-order chi connectivity index (χ0) is 15.8. The Morgan fingerprint density at radius 2 is 2.00 bits per heavy atom. The van der Waals surface area contributed by atoms with Crippen molar-refractivity contribution < 1.29 is 19.1 Å². The van der Waals surface area contributed by atoms with Crippen molar-refractivity contribution >= 4 is 11.7 Å². The number of ether oxygens (including phenoxy) is 2. The van der Waals surface area contributed by atoms with E-state index in [4.69, 9.17) is 9.47 Å². The average molecular weight is 293 g/mol. The van der Waals surface area contributed by atoms with Crippen molar-refractivity contribution in [2.24, 2.45) is 0 Å². The third-order valence-corrected chi connectivity index (χ3v) is 3.06. The maximum absolute atomic E-state index is 11.7. The molecule has 0 aliphatic carbocycles. The second-order valence-corrected chi connectivity index (χ2v) is 4.97. The maximum Gasteiger partial charge on any atom is 0.258 e. The molecule has 5 heteroatoms. The minimum Gasteiger partial charge on any atom is -0.493 e. The van der Waals surface area contributed by atoms with Gasteiger partial charge in [-0.15, -0.1) is 0 Å². The topological polar surface area (TPSA) is 64.6 Å². The summed E-state index contributed by atoms with van der Waals surface area (Å²) in [6.45, 7) is 5.44. The predicted molar refractivity (Wildman–Crippen MR) is 81.0 cm³/mol. The Kier molecular flexibility index (Phi) is 6.72. The number of Topliss-reactive ketones (excluding diaryl/α,β-unsaturated/α-hetero) is 1. The molecular formula is C16H23NO4. The molecule has 0 saturated heterocycles. The Labute approximate surface area is 125 Å². The van der Waals surface area contributed by atoms with Gasteiger partial charge >= 0.3 is 0 Å². The van der Waals surface area contributed by atoms with E-state index in [0.29, 0.717) is 17.1 Å². The minimum atomic E-state index is -0.173. The van der Waals surface area contributed by atoms with Crippen molar-refractivity contribution in [3.05, 3.63) is 23.8 Å². The van der Waals surface area contributed by atoms with Crippen LogP contribution in [0.1, 0.15) is 44.0 Å². The molecule has 0 aliphatic rings. The van der Waals surface area contributed by atoms with E-state index in [1.807, 2.05) is 6.92 Å². The van der Waals surface area contributed by atoms with Crippen molar-refractivity contribution in [2.75, 3.05) is 13.7 Å². The number of hydrogen-bond donors (Lipinski definition) is 1. The molecule has 1 unspecified atom stereocenters. The number of amides is 1. The maximum atomic E-state index is 11.7. The van der Waals surface area contributed by atoms with Crippen molar-refractivity contribution in [3.8, 4) is 11.5 Å². The fourth-order valence-electron chi connectivity index (χ4n) is 1.97. The van der Waals surface area contributed by atoms with E-state index in [0.717, 1.165) is 12.8 Å². The minimum absolute atomic E-state index is 0.0500. The molecule has 1 N–H and O–H groups in total. The number of rotatable bonds is 8.